The van der Waals surface area contributed by atoms with E-state index in [1.54, 1.807) is 45.0 Å². The molecule has 3 aromatic carbocycles. The van der Waals surface area contributed by atoms with Crippen LogP contribution in [0.15, 0.2) is 101 Å². The number of para-hydroxylation sites is 1. The fourth-order valence-corrected chi connectivity index (χ4v) is 3.81. The van der Waals surface area contributed by atoms with Crippen LogP contribution in [-0.2, 0) is 17.7 Å². The van der Waals surface area contributed by atoms with Gasteiger partial charge in [-0.3, -0.25) is 9.36 Å². The number of carbonyl (C=O) groups excluding carboxylic acids is 1. The van der Waals surface area contributed by atoms with Gasteiger partial charge in [-0.15, -0.1) is 0 Å². The van der Waals surface area contributed by atoms with Gasteiger partial charge < -0.3 is 9.47 Å². The molecule has 4 aromatic rings. The van der Waals surface area contributed by atoms with Crippen LogP contribution >= 0.6 is 0 Å². The number of nitrogens with zero attached hydrogens (tertiary/aromatic N) is 2. The van der Waals surface area contributed by atoms with Crippen LogP contribution in [0.3, 0.4) is 0 Å². The maximum atomic E-state index is 13.8. The van der Waals surface area contributed by atoms with E-state index in [2.05, 4.69) is 0 Å². The van der Waals surface area contributed by atoms with E-state index in [0.717, 1.165) is 15.7 Å². The zero-order valence-corrected chi connectivity index (χ0v) is 20.5. The molecule has 36 heavy (non-hydrogen) atoms. The Morgan fingerprint density at radius 3 is 1.86 bits per heavy atom. The fourth-order valence-electron chi connectivity index (χ4n) is 3.81. The van der Waals surface area contributed by atoms with Crippen LogP contribution in [0.4, 0.5) is 4.79 Å². The number of ether oxygens (including phenoxy) is 2. The lowest BCUT2D eigenvalue weighted by molar-refractivity contribution is 0.0184. The summed E-state index contributed by atoms with van der Waals surface area (Å²) in [5, 5.41) is 0. The molecule has 0 unspecified atom stereocenters. The third kappa shape index (κ3) is 5.81. The summed E-state index contributed by atoms with van der Waals surface area (Å²) < 4.78 is 13.4. The van der Waals surface area contributed by atoms with E-state index >= 15 is 0 Å². The summed E-state index contributed by atoms with van der Waals surface area (Å²) in [6.07, 6.45) is -0.838. The SMILES string of the molecule is CC(C)(C)OC(=O)Oc1c(Cc2ccccc2)c(=O)n(-c2ccccc2)c(=O)n1Cc1ccccc1. The summed E-state index contributed by atoms with van der Waals surface area (Å²) in [7, 11) is 0. The first-order valence-electron chi connectivity index (χ1n) is 11.7. The normalized spacial score (nSPS) is 11.2. The van der Waals surface area contributed by atoms with Crippen LogP contribution in [0.1, 0.15) is 37.5 Å². The van der Waals surface area contributed by atoms with Gasteiger partial charge in [0, 0.05) is 6.42 Å². The molecular formula is C29H28N2O5. The number of carbonyl (C=O) groups is 1. The van der Waals surface area contributed by atoms with E-state index in [4.69, 9.17) is 9.47 Å². The summed E-state index contributed by atoms with van der Waals surface area (Å²) in [5.74, 6) is -0.126. The molecular weight excluding hydrogens is 456 g/mol. The Morgan fingerprint density at radius 1 is 0.778 bits per heavy atom. The number of hydrogen-bond acceptors (Lipinski definition) is 5. The van der Waals surface area contributed by atoms with Crippen LogP contribution in [0.2, 0.25) is 0 Å². The van der Waals surface area contributed by atoms with E-state index in [1.807, 2.05) is 66.7 Å². The Hall–Kier alpha value is -4.39. The zero-order valence-electron chi connectivity index (χ0n) is 20.5. The average molecular weight is 485 g/mol. The van der Waals surface area contributed by atoms with Crippen molar-refractivity contribution >= 4 is 6.16 Å². The molecule has 0 spiro atoms. The lowest BCUT2D eigenvalue weighted by atomic mass is 10.1. The van der Waals surface area contributed by atoms with E-state index in [-0.39, 0.29) is 24.4 Å². The quantitative estimate of drug-likeness (QED) is 0.362. The molecule has 0 fully saturated rings. The van der Waals surface area contributed by atoms with Crippen molar-refractivity contribution in [3.63, 3.8) is 0 Å². The number of hydrogen-bond donors (Lipinski definition) is 0. The number of rotatable bonds is 6. The molecule has 4 rings (SSSR count). The van der Waals surface area contributed by atoms with Crippen molar-refractivity contribution in [1.29, 1.82) is 0 Å². The van der Waals surface area contributed by atoms with Gasteiger partial charge in [-0.2, -0.15) is 0 Å². The Balaban J connectivity index is 1.98. The van der Waals surface area contributed by atoms with Gasteiger partial charge in [-0.05, 0) is 44.0 Å². The van der Waals surface area contributed by atoms with Crippen molar-refractivity contribution in [2.75, 3.05) is 0 Å². The summed E-state index contributed by atoms with van der Waals surface area (Å²) >= 11 is 0. The summed E-state index contributed by atoms with van der Waals surface area (Å²) in [6.45, 7) is 5.23. The third-order valence-corrected chi connectivity index (χ3v) is 5.38. The average Bonchev–Trinajstić information content (AvgIpc) is 2.85. The molecule has 1 heterocycles. The van der Waals surface area contributed by atoms with Gasteiger partial charge in [-0.25, -0.2) is 14.2 Å². The third-order valence-electron chi connectivity index (χ3n) is 5.38. The molecule has 7 heteroatoms. The lowest BCUT2D eigenvalue weighted by Gasteiger charge is -2.22. The minimum absolute atomic E-state index is 0.0900. The first-order chi connectivity index (χ1) is 17.2. The van der Waals surface area contributed by atoms with Crippen molar-refractivity contribution in [3.05, 3.63) is 129 Å². The minimum atomic E-state index is -0.991. The van der Waals surface area contributed by atoms with Crippen molar-refractivity contribution in [2.24, 2.45) is 0 Å². The molecule has 0 aliphatic rings. The molecule has 0 saturated carbocycles. The molecule has 7 nitrogen and oxygen atoms in total. The molecule has 0 aliphatic carbocycles. The molecule has 1 aromatic heterocycles. The second-order valence-corrected chi connectivity index (χ2v) is 9.34. The maximum absolute atomic E-state index is 13.8. The summed E-state index contributed by atoms with van der Waals surface area (Å²) in [6, 6.07) is 27.3. The Kier molecular flexibility index (Phi) is 7.20. The topological polar surface area (TPSA) is 79.5 Å². The molecule has 0 atom stereocenters. The van der Waals surface area contributed by atoms with Crippen molar-refractivity contribution in [2.45, 2.75) is 39.3 Å². The first-order valence-corrected chi connectivity index (χ1v) is 11.7. The van der Waals surface area contributed by atoms with Crippen LogP contribution < -0.4 is 16.0 Å². The van der Waals surface area contributed by atoms with E-state index in [9.17, 15) is 14.4 Å². The molecule has 0 aliphatic heterocycles. The molecule has 0 N–H and O–H groups in total. The zero-order chi connectivity index (χ0) is 25.7. The monoisotopic (exact) mass is 484 g/mol. The highest BCUT2D eigenvalue weighted by Gasteiger charge is 2.26. The highest BCUT2D eigenvalue weighted by Crippen LogP contribution is 2.21. The van der Waals surface area contributed by atoms with Crippen LogP contribution in [0, 0.1) is 0 Å². The molecule has 0 saturated heterocycles. The fraction of sp³-hybridized carbons (Fsp3) is 0.207. The van der Waals surface area contributed by atoms with Crippen molar-refractivity contribution < 1.29 is 14.3 Å². The maximum Gasteiger partial charge on any atom is 0.515 e. The van der Waals surface area contributed by atoms with Crippen molar-refractivity contribution in [1.82, 2.24) is 9.13 Å². The second-order valence-electron chi connectivity index (χ2n) is 9.34. The number of benzene rings is 3. The Morgan fingerprint density at radius 2 is 1.31 bits per heavy atom. The predicted octanol–water partition coefficient (Wildman–Crippen LogP) is 4.95. The van der Waals surface area contributed by atoms with Gasteiger partial charge >= 0.3 is 11.8 Å². The van der Waals surface area contributed by atoms with E-state index < -0.39 is 23.0 Å². The highest BCUT2D eigenvalue weighted by molar-refractivity contribution is 5.64. The highest BCUT2D eigenvalue weighted by atomic mass is 16.7. The van der Waals surface area contributed by atoms with E-state index in [1.165, 1.54) is 4.57 Å². The molecule has 184 valence electrons. The van der Waals surface area contributed by atoms with Gasteiger partial charge in [0.2, 0.25) is 5.88 Å². The predicted molar refractivity (Wildman–Crippen MR) is 138 cm³/mol. The second kappa shape index (κ2) is 10.5. The van der Waals surface area contributed by atoms with Crippen LogP contribution in [0.25, 0.3) is 5.69 Å². The van der Waals surface area contributed by atoms with Crippen molar-refractivity contribution in [3.8, 4) is 11.6 Å². The molecule has 0 bridgehead atoms. The first kappa shape index (κ1) is 24.7. The Labute approximate surface area is 209 Å². The van der Waals surface area contributed by atoms with Crippen LogP contribution in [0.5, 0.6) is 5.88 Å². The van der Waals surface area contributed by atoms with Gasteiger partial charge in [0.1, 0.15) is 5.60 Å². The largest absolute Gasteiger partial charge is 0.515 e. The van der Waals surface area contributed by atoms with Gasteiger partial charge in [-0.1, -0.05) is 78.9 Å². The molecule has 0 amide bonds. The minimum Gasteiger partial charge on any atom is -0.428 e. The van der Waals surface area contributed by atoms with Gasteiger partial charge in [0.25, 0.3) is 5.56 Å². The summed E-state index contributed by atoms with van der Waals surface area (Å²) in [4.78, 5) is 40.3. The number of aromatic nitrogens is 2. The smallest absolute Gasteiger partial charge is 0.428 e. The van der Waals surface area contributed by atoms with E-state index in [0.29, 0.717) is 5.69 Å². The van der Waals surface area contributed by atoms with Gasteiger partial charge in [0.05, 0.1) is 17.8 Å². The van der Waals surface area contributed by atoms with Crippen LogP contribution in [-0.4, -0.2) is 20.9 Å². The lowest BCUT2D eigenvalue weighted by Crippen LogP contribution is -2.42. The summed E-state index contributed by atoms with van der Waals surface area (Å²) in [5.41, 5.74) is 0.230. The van der Waals surface area contributed by atoms with Gasteiger partial charge in [0.15, 0.2) is 0 Å². The standard InChI is InChI=1S/C29H28N2O5/c1-29(2,3)36-28(34)35-26-24(19-21-13-7-4-8-14-21)25(32)31(23-17-11-6-12-18-23)27(33)30(26)20-22-15-9-5-10-16-22/h4-18H,19-20H2,1-3H3. The Bertz CT molecular complexity index is 1370. The molecule has 0 radical (unpaired) electrons.